The first-order valence-corrected chi connectivity index (χ1v) is 9.90. The van der Waals surface area contributed by atoms with Crippen molar-refractivity contribution in [1.82, 2.24) is 4.72 Å². The highest BCUT2D eigenvalue weighted by molar-refractivity contribution is 8.04. The minimum absolute atomic E-state index is 0.0000237. The van der Waals surface area contributed by atoms with Crippen molar-refractivity contribution in [2.45, 2.75) is 16.6 Å². The maximum absolute atomic E-state index is 13.8. The SMILES string of the molecule is O=C(O)C1=C(NS(=O)(=O)c2c(F)cc(F)cc2F)CC(c2ccccc2)S1. The van der Waals surface area contributed by atoms with Gasteiger partial charge >= 0.3 is 5.97 Å². The number of nitrogens with one attached hydrogen (secondary N) is 1. The molecule has 3 rings (SSSR count). The molecular weight excluding hydrogens is 403 g/mol. The normalized spacial score (nSPS) is 17.2. The minimum atomic E-state index is -4.80. The fourth-order valence-corrected chi connectivity index (χ4v) is 5.17. The lowest BCUT2D eigenvalue weighted by atomic mass is 10.1. The molecule has 0 saturated carbocycles. The molecule has 0 saturated heterocycles. The summed E-state index contributed by atoms with van der Waals surface area (Å²) in [7, 11) is -4.80. The molecule has 1 atom stereocenters. The maximum Gasteiger partial charge on any atom is 0.344 e. The van der Waals surface area contributed by atoms with E-state index in [9.17, 15) is 31.5 Å². The summed E-state index contributed by atoms with van der Waals surface area (Å²) >= 11 is 0.932. The number of halogens is 3. The number of benzene rings is 2. The van der Waals surface area contributed by atoms with Crippen LogP contribution in [0.25, 0.3) is 0 Å². The van der Waals surface area contributed by atoms with Crippen LogP contribution in [-0.4, -0.2) is 19.5 Å². The van der Waals surface area contributed by atoms with E-state index in [4.69, 9.17) is 0 Å². The highest BCUT2D eigenvalue weighted by atomic mass is 32.2. The molecule has 2 N–H and O–H groups in total. The van der Waals surface area contributed by atoms with Crippen molar-refractivity contribution in [3.8, 4) is 0 Å². The van der Waals surface area contributed by atoms with Crippen LogP contribution < -0.4 is 4.72 Å². The Hall–Kier alpha value is -2.46. The lowest BCUT2D eigenvalue weighted by Gasteiger charge is -2.12. The van der Waals surface area contributed by atoms with Gasteiger partial charge in [-0.1, -0.05) is 30.3 Å². The highest BCUT2D eigenvalue weighted by Gasteiger charge is 2.34. The number of sulfonamides is 1. The summed E-state index contributed by atoms with van der Waals surface area (Å²) in [4.78, 5) is 9.84. The Morgan fingerprint density at radius 1 is 1.11 bits per heavy atom. The predicted molar refractivity (Wildman–Crippen MR) is 92.7 cm³/mol. The molecule has 0 spiro atoms. The van der Waals surface area contributed by atoms with Gasteiger partial charge in [0.2, 0.25) is 0 Å². The molecule has 2 aromatic carbocycles. The average molecular weight is 415 g/mol. The number of rotatable bonds is 5. The van der Waals surface area contributed by atoms with Gasteiger partial charge in [-0.15, -0.1) is 11.8 Å². The predicted octanol–water partition coefficient (Wildman–Crippen LogP) is 3.56. The van der Waals surface area contributed by atoms with E-state index in [1.165, 1.54) is 0 Å². The molecule has 0 bridgehead atoms. The number of thioether (sulfide) groups is 1. The third-order valence-electron chi connectivity index (χ3n) is 3.78. The maximum atomic E-state index is 13.8. The van der Waals surface area contributed by atoms with Gasteiger partial charge in [-0.25, -0.2) is 26.4 Å². The molecule has 0 aliphatic carbocycles. The Morgan fingerprint density at radius 2 is 1.70 bits per heavy atom. The van der Waals surface area contributed by atoms with Crippen LogP contribution in [0, 0.1) is 17.5 Å². The summed E-state index contributed by atoms with van der Waals surface area (Å²) in [5.74, 6) is -5.85. The Balaban J connectivity index is 1.95. The Labute approximate surface area is 157 Å². The lowest BCUT2D eigenvalue weighted by molar-refractivity contribution is -0.131. The molecule has 10 heteroatoms. The van der Waals surface area contributed by atoms with Crippen LogP contribution in [0.15, 0.2) is 58.0 Å². The molecule has 2 aromatic rings. The zero-order valence-corrected chi connectivity index (χ0v) is 15.1. The summed E-state index contributed by atoms with van der Waals surface area (Å²) in [6.07, 6.45) is -0.0000237. The van der Waals surface area contributed by atoms with E-state index in [2.05, 4.69) is 0 Å². The van der Waals surface area contributed by atoms with E-state index < -0.39 is 38.3 Å². The molecule has 0 amide bonds. The van der Waals surface area contributed by atoms with E-state index in [0.717, 1.165) is 17.3 Å². The van der Waals surface area contributed by atoms with E-state index >= 15 is 0 Å². The molecule has 1 heterocycles. The van der Waals surface area contributed by atoms with E-state index in [-0.39, 0.29) is 34.4 Å². The molecule has 1 unspecified atom stereocenters. The number of allylic oxidation sites excluding steroid dienone is 1. The van der Waals surface area contributed by atoms with E-state index in [1.54, 1.807) is 30.3 Å². The summed E-state index contributed by atoms with van der Waals surface area (Å²) in [5.41, 5.74) is 0.582. The van der Waals surface area contributed by atoms with Crippen molar-refractivity contribution >= 4 is 27.8 Å². The van der Waals surface area contributed by atoms with Gasteiger partial charge in [-0.2, -0.15) is 0 Å². The van der Waals surface area contributed by atoms with Crippen LogP contribution in [0.3, 0.4) is 0 Å². The van der Waals surface area contributed by atoms with E-state index in [0.29, 0.717) is 0 Å². The van der Waals surface area contributed by atoms with Gasteiger partial charge in [-0.05, 0) is 5.56 Å². The van der Waals surface area contributed by atoms with Crippen LogP contribution in [0.2, 0.25) is 0 Å². The summed E-state index contributed by atoms with van der Waals surface area (Å²) in [6.45, 7) is 0. The van der Waals surface area contributed by atoms with Crippen molar-refractivity contribution in [2.75, 3.05) is 0 Å². The van der Waals surface area contributed by atoms with Crippen molar-refractivity contribution in [2.24, 2.45) is 0 Å². The van der Waals surface area contributed by atoms with Crippen LogP contribution in [0.1, 0.15) is 17.2 Å². The van der Waals surface area contributed by atoms with Gasteiger partial charge in [0.1, 0.15) is 22.4 Å². The Bertz CT molecular complexity index is 1020. The van der Waals surface area contributed by atoms with Crippen molar-refractivity contribution in [3.05, 3.63) is 76.1 Å². The van der Waals surface area contributed by atoms with Gasteiger partial charge in [0.05, 0.1) is 0 Å². The standard InChI is InChI=1S/C17H12F3NO4S2/c18-10-6-11(19)16(12(20)7-10)27(24,25)21-13-8-14(26-15(13)17(22)23)9-4-2-1-3-5-9/h1-7,14,21H,8H2,(H,22,23). The van der Waals surface area contributed by atoms with E-state index in [1.807, 2.05) is 4.72 Å². The molecule has 0 radical (unpaired) electrons. The topological polar surface area (TPSA) is 83.5 Å². The zero-order chi connectivity index (χ0) is 19.8. The first-order chi connectivity index (χ1) is 12.7. The number of hydrogen-bond donors (Lipinski definition) is 2. The van der Waals surface area contributed by atoms with Crippen molar-refractivity contribution in [1.29, 1.82) is 0 Å². The monoisotopic (exact) mass is 415 g/mol. The first kappa shape index (κ1) is 19.3. The molecule has 5 nitrogen and oxygen atoms in total. The molecule has 142 valence electrons. The largest absolute Gasteiger partial charge is 0.477 e. The highest BCUT2D eigenvalue weighted by Crippen LogP contribution is 2.47. The number of aliphatic carboxylic acids is 1. The Kier molecular flexibility index (Phi) is 5.20. The Morgan fingerprint density at radius 3 is 2.26 bits per heavy atom. The number of carboxylic acid groups (broad SMARTS) is 1. The quantitative estimate of drug-likeness (QED) is 0.780. The second-order valence-corrected chi connectivity index (χ2v) is 8.47. The minimum Gasteiger partial charge on any atom is -0.477 e. The lowest BCUT2D eigenvalue weighted by Crippen LogP contribution is -2.26. The van der Waals surface area contributed by atoms with Gasteiger partial charge in [0.25, 0.3) is 10.0 Å². The number of carboxylic acids is 1. The zero-order valence-electron chi connectivity index (χ0n) is 13.4. The van der Waals surface area contributed by atoms with Gasteiger partial charge < -0.3 is 5.11 Å². The number of carbonyl (C=O) groups is 1. The average Bonchev–Trinajstić information content (AvgIpc) is 2.97. The van der Waals surface area contributed by atoms with Crippen molar-refractivity contribution in [3.63, 3.8) is 0 Å². The fraction of sp³-hybridized carbons (Fsp3) is 0.118. The molecule has 1 aliphatic rings. The fourth-order valence-electron chi connectivity index (χ4n) is 2.65. The van der Waals surface area contributed by atoms with Crippen LogP contribution in [0.4, 0.5) is 13.2 Å². The molecule has 27 heavy (non-hydrogen) atoms. The second-order valence-electron chi connectivity index (χ2n) is 5.64. The smallest absolute Gasteiger partial charge is 0.344 e. The van der Waals surface area contributed by atoms with Crippen LogP contribution >= 0.6 is 11.8 Å². The molecule has 0 aromatic heterocycles. The third-order valence-corrected chi connectivity index (χ3v) is 6.60. The van der Waals surface area contributed by atoms with Gasteiger partial charge in [0, 0.05) is 29.5 Å². The van der Waals surface area contributed by atoms with Crippen LogP contribution in [0.5, 0.6) is 0 Å². The van der Waals surface area contributed by atoms with Crippen LogP contribution in [-0.2, 0) is 14.8 Å². The van der Waals surface area contributed by atoms with Gasteiger partial charge in [0.15, 0.2) is 4.90 Å². The molecular formula is C17H12F3NO4S2. The summed E-state index contributed by atoms with van der Waals surface area (Å²) in [5, 5.41) is 8.97. The van der Waals surface area contributed by atoms with Crippen molar-refractivity contribution < 1.29 is 31.5 Å². The first-order valence-electron chi connectivity index (χ1n) is 7.54. The molecule has 1 aliphatic heterocycles. The summed E-state index contributed by atoms with van der Waals surface area (Å²) in [6, 6.07) is 9.27. The molecule has 0 fully saturated rings. The summed E-state index contributed by atoms with van der Waals surface area (Å²) < 4.78 is 67.5. The van der Waals surface area contributed by atoms with Gasteiger partial charge in [-0.3, -0.25) is 4.72 Å². The number of hydrogen-bond acceptors (Lipinski definition) is 4. The third kappa shape index (κ3) is 3.96. The second kappa shape index (κ2) is 7.28.